The molecule has 0 aliphatic carbocycles. The molecule has 1 amide bonds. The smallest absolute Gasteiger partial charge is 0.252 e. The Labute approximate surface area is 281 Å². The number of hydrogen-bond acceptors (Lipinski definition) is 5. The Morgan fingerprint density at radius 1 is 1.04 bits per heavy atom. The summed E-state index contributed by atoms with van der Waals surface area (Å²) in [5, 5.41) is 15.1. The van der Waals surface area contributed by atoms with Crippen LogP contribution < -0.4 is 10.7 Å². The third-order valence-electron chi connectivity index (χ3n) is 7.85. The zero-order valence-electron chi connectivity index (χ0n) is 25.5. The number of nitrogens with one attached hydrogen (secondary N) is 2. The first-order chi connectivity index (χ1) is 21.8. The molecule has 2 N–H and O–H groups in total. The molecule has 10 heteroatoms. The van der Waals surface area contributed by atoms with E-state index in [1.165, 1.54) is 10.6 Å². The Morgan fingerprint density at radius 3 is 2.51 bits per heavy atom. The molecule has 1 heterocycles. The molecular formula is C35H38Cl2N6OS. The quantitative estimate of drug-likeness (QED) is 0.109. The van der Waals surface area contributed by atoms with Gasteiger partial charge >= 0.3 is 0 Å². The third kappa shape index (κ3) is 9.62. The van der Waals surface area contributed by atoms with Gasteiger partial charge in [0.1, 0.15) is 0 Å². The number of hydrazine groups is 1. The van der Waals surface area contributed by atoms with Gasteiger partial charge < -0.3 is 9.88 Å². The molecule has 0 aliphatic rings. The minimum Gasteiger partial charge on any atom is -0.361 e. The molecule has 3 aromatic carbocycles. The van der Waals surface area contributed by atoms with Crippen LogP contribution >= 0.6 is 35.4 Å². The summed E-state index contributed by atoms with van der Waals surface area (Å²) in [4.78, 5) is 19.1. The fraction of sp³-hybridized carbons (Fsp3) is 0.314. The van der Waals surface area contributed by atoms with Gasteiger partial charge in [-0.25, -0.2) is 15.4 Å². The molecule has 0 fully saturated rings. The summed E-state index contributed by atoms with van der Waals surface area (Å²) in [6.45, 7) is 5.96. The van der Waals surface area contributed by atoms with E-state index in [2.05, 4.69) is 47.8 Å². The van der Waals surface area contributed by atoms with Gasteiger partial charge in [-0.15, -0.1) is 0 Å². The number of halogens is 2. The zero-order valence-corrected chi connectivity index (χ0v) is 27.9. The van der Waals surface area contributed by atoms with Gasteiger partial charge in [0.05, 0.1) is 39.6 Å². The lowest BCUT2D eigenvalue weighted by atomic mass is 9.95. The van der Waals surface area contributed by atoms with Gasteiger partial charge in [0.25, 0.3) is 5.91 Å². The van der Waals surface area contributed by atoms with Crippen LogP contribution in [0.25, 0.3) is 0 Å². The summed E-state index contributed by atoms with van der Waals surface area (Å²) in [5.74, 6) is -0.426. The Hall–Kier alpha value is -3.74. The van der Waals surface area contributed by atoms with Crippen LogP contribution in [0.5, 0.6) is 0 Å². The maximum absolute atomic E-state index is 14.6. The molecule has 234 valence electrons. The van der Waals surface area contributed by atoms with E-state index in [-0.39, 0.29) is 12.3 Å². The van der Waals surface area contributed by atoms with Crippen molar-refractivity contribution in [2.24, 2.45) is 5.92 Å². The molecule has 4 rings (SSSR count). The molecule has 0 bridgehead atoms. The Balaban J connectivity index is 1.65. The Bertz CT molecular complexity index is 1600. The minimum atomic E-state index is -0.688. The fourth-order valence-electron chi connectivity index (χ4n) is 4.95. The Morgan fingerprint density at radius 2 is 1.80 bits per heavy atom. The second-order valence-electron chi connectivity index (χ2n) is 11.1. The summed E-state index contributed by atoms with van der Waals surface area (Å²) in [6.07, 6.45) is 6.40. The highest BCUT2D eigenvalue weighted by molar-refractivity contribution is 7.80. The van der Waals surface area contributed by atoms with Crippen LogP contribution in [0.4, 0.5) is 0 Å². The van der Waals surface area contributed by atoms with Crippen molar-refractivity contribution in [3.63, 3.8) is 0 Å². The van der Waals surface area contributed by atoms with E-state index >= 15 is 0 Å². The first kappa shape index (κ1) is 34.1. The number of rotatable bonds is 14. The molecule has 1 aromatic heterocycles. The van der Waals surface area contributed by atoms with Crippen LogP contribution in [0.2, 0.25) is 10.0 Å². The molecule has 0 saturated heterocycles. The van der Waals surface area contributed by atoms with E-state index in [1.807, 2.05) is 47.0 Å². The molecule has 0 radical (unpaired) electrons. The van der Waals surface area contributed by atoms with E-state index in [1.54, 1.807) is 30.7 Å². The average molecular weight is 662 g/mol. The fourth-order valence-corrected chi connectivity index (χ4v) is 5.60. The number of nitrogens with zero attached hydrogens (tertiary/aromatic N) is 4. The van der Waals surface area contributed by atoms with Gasteiger partial charge in [-0.3, -0.25) is 4.79 Å². The number of thiocarbonyl (C=S) groups is 1. The van der Waals surface area contributed by atoms with Crippen LogP contribution in [-0.2, 0) is 24.2 Å². The Kier molecular flexibility index (Phi) is 13.0. The second-order valence-corrected chi connectivity index (χ2v) is 12.2. The lowest BCUT2D eigenvalue weighted by Crippen LogP contribution is -2.54. The van der Waals surface area contributed by atoms with Crippen molar-refractivity contribution < 1.29 is 4.79 Å². The average Bonchev–Trinajstić information content (AvgIpc) is 3.51. The van der Waals surface area contributed by atoms with Crippen molar-refractivity contribution >= 4 is 46.4 Å². The molecule has 7 nitrogen and oxygen atoms in total. The van der Waals surface area contributed by atoms with Gasteiger partial charge in [0.2, 0.25) is 0 Å². The molecular weight excluding hydrogens is 623 g/mol. The first-order valence-electron chi connectivity index (χ1n) is 15.1. The topological polar surface area (TPSA) is 86.0 Å². The maximum Gasteiger partial charge on any atom is 0.252 e. The van der Waals surface area contributed by atoms with Crippen molar-refractivity contribution in [2.45, 2.75) is 52.0 Å². The lowest BCUT2D eigenvalue weighted by molar-refractivity contribution is -0.131. The highest BCUT2D eigenvalue weighted by Gasteiger charge is 2.32. The van der Waals surface area contributed by atoms with Crippen LogP contribution in [0.1, 0.15) is 60.6 Å². The molecule has 0 spiro atoms. The molecule has 2 atom stereocenters. The van der Waals surface area contributed by atoms with Gasteiger partial charge in [0.15, 0.2) is 5.11 Å². The number of imidazole rings is 1. The molecule has 4 aromatic rings. The third-order valence-corrected chi connectivity index (χ3v) is 9.04. The summed E-state index contributed by atoms with van der Waals surface area (Å²) < 4.78 is 1.95. The zero-order chi connectivity index (χ0) is 32.2. The second kappa shape index (κ2) is 17.1. The van der Waals surface area contributed by atoms with E-state index < -0.39 is 5.92 Å². The predicted molar refractivity (Wildman–Crippen MR) is 185 cm³/mol. The number of carbonyl (C=O) groups excluding carboxylic acids is 1. The van der Waals surface area contributed by atoms with Gasteiger partial charge in [-0.05, 0) is 72.3 Å². The number of benzene rings is 3. The summed E-state index contributed by atoms with van der Waals surface area (Å²) in [7, 11) is 0. The van der Waals surface area contributed by atoms with E-state index in [4.69, 9.17) is 35.4 Å². The number of carbonyl (C=O) groups is 1. The van der Waals surface area contributed by atoms with Crippen LogP contribution in [0.3, 0.4) is 0 Å². The highest BCUT2D eigenvalue weighted by Crippen LogP contribution is 2.31. The molecule has 45 heavy (non-hydrogen) atoms. The first-order valence-corrected chi connectivity index (χ1v) is 16.3. The molecule has 1 unspecified atom stereocenters. The lowest BCUT2D eigenvalue weighted by Gasteiger charge is -2.30. The van der Waals surface area contributed by atoms with Crippen molar-refractivity contribution in [1.29, 1.82) is 5.26 Å². The molecule has 0 saturated carbocycles. The maximum atomic E-state index is 14.6. The number of aromatic nitrogens is 2. The predicted octanol–water partition coefficient (Wildman–Crippen LogP) is 7.32. The van der Waals surface area contributed by atoms with Crippen LogP contribution in [-0.4, -0.2) is 38.7 Å². The van der Waals surface area contributed by atoms with Gasteiger partial charge in [-0.2, -0.15) is 5.26 Å². The van der Waals surface area contributed by atoms with E-state index in [0.29, 0.717) is 52.0 Å². The van der Waals surface area contributed by atoms with Crippen molar-refractivity contribution in [3.8, 4) is 6.07 Å². The van der Waals surface area contributed by atoms with E-state index in [9.17, 15) is 10.1 Å². The standard InChI is InChI=1S/C35H38Cl2N6OS/c1-3-25(2)16-19-41-43(35(45)40-18-17-26-8-5-4-6-9-26)34(44)30(20-29-10-7-11-31(36)33(29)37)32-22-39-24-42(32)23-28-14-12-27(21-38)13-15-28/h4-15,22,24-25,30,41H,3,16-20,23H2,1-2H3,(H,40,45)/t25-,30?/m0/s1. The molecule has 0 aliphatic heterocycles. The van der Waals surface area contributed by atoms with Gasteiger partial charge in [0, 0.05) is 25.8 Å². The summed E-state index contributed by atoms with van der Waals surface area (Å²) >= 11 is 18.9. The summed E-state index contributed by atoms with van der Waals surface area (Å²) in [6, 6.07) is 25.1. The normalized spacial score (nSPS) is 12.2. The largest absolute Gasteiger partial charge is 0.361 e. The van der Waals surface area contributed by atoms with Crippen molar-refractivity contribution in [1.82, 2.24) is 25.3 Å². The van der Waals surface area contributed by atoms with Crippen molar-refractivity contribution in [3.05, 3.63) is 123 Å². The minimum absolute atomic E-state index is 0.228. The van der Waals surface area contributed by atoms with Gasteiger partial charge in [-0.1, -0.05) is 98.1 Å². The SMILES string of the molecule is CC[C@H](C)CCNN(C(=O)C(Cc1cccc(Cl)c1Cl)c1cncn1Cc1ccc(C#N)cc1)C(=S)NCCc1ccccc1. The number of nitriles is 1. The monoisotopic (exact) mass is 660 g/mol. The number of amides is 1. The van der Waals surface area contributed by atoms with Crippen LogP contribution in [0.15, 0.2) is 85.3 Å². The van der Waals surface area contributed by atoms with Crippen LogP contribution in [0, 0.1) is 17.2 Å². The number of hydrogen-bond donors (Lipinski definition) is 2. The summed E-state index contributed by atoms with van der Waals surface area (Å²) in [5.41, 5.74) is 7.52. The van der Waals surface area contributed by atoms with Crippen molar-refractivity contribution in [2.75, 3.05) is 13.1 Å². The van der Waals surface area contributed by atoms with E-state index in [0.717, 1.165) is 30.4 Å². The highest BCUT2D eigenvalue weighted by atomic mass is 35.5.